The Labute approximate surface area is 117 Å². The summed E-state index contributed by atoms with van der Waals surface area (Å²) < 4.78 is 27.0. The molecular weight excluding hydrogens is 258 g/mol. The molecule has 3 nitrogen and oxygen atoms in total. The first kappa shape index (κ1) is 16.2. The molecule has 0 aromatic heterocycles. The lowest BCUT2D eigenvalue weighted by atomic mass is 9.95. The summed E-state index contributed by atoms with van der Waals surface area (Å²) >= 11 is 0. The van der Waals surface area contributed by atoms with E-state index in [1.807, 2.05) is 48.5 Å². The Balaban J connectivity index is 3.71. The first-order valence-electron chi connectivity index (χ1n) is 6.58. The van der Waals surface area contributed by atoms with E-state index in [0.717, 1.165) is 22.3 Å². The lowest BCUT2D eigenvalue weighted by Crippen LogP contribution is -2.34. The molecule has 0 heterocycles. The highest BCUT2D eigenvalue weighted by Crippen LogP contribution is 2.31. The molecule has 0 atom stereocenters. The third-order valence-electron chi connectivity index (χ3n) is 4.30. The van der Waals surface area contributed by atoms with Gasteiger partial charge in [0.1, 0.15) is 0 Å². The minimum atomic E-state index is -3.43. The number of rotatable bonds is 3. The Morgan fingerprint density at radius 2 is 1.11 bits per heavy atom. The predicted octanol–water partition coefficient (Wildman–Crippen LogP) is 3.26. The molecule has 0 unspecified atom stereocenters. The number of sulfonamides is 1. The van der Waals surface area contributed by atoms with Crippen molar-refractivity contribution in [1.82, 2.24) is 4.31 Å². The van der Waals surface area contributed by atoms with Crippen LogP contribution in [0.1, 0.15) is 41.7 Å². The van der Waals surface area contributed by atoms with Crippen molar-refractivity contribution >= 4 is 10.0 Å². The van der Waals surface area contributed by atoms with Gasteiger partial charge in [0.05, 0.1) is 4.90 Å². The summed E-state index contributed by atoms with van der Waals surface area (Å²) in [5, 5.41) is 0. The van der Waals surface area contributed by atoms with Gasteiger partial charge in [-0.3, -0.25) is 0 Å². The predicted molar refractivity (Wildman–Crippen MR) is 80.2 cm³/mol. The summed E-state index contributed by atoms with van der Waals surface area (Å²) in [4.78, 5) is 0.476. The van der Waals surface area contributed by atoms with E-state index >= 15 is 0 Å². The highest BCUT2D eigenvalue weighted by atomic mass is 32.2. The second-order valence-corrected chi connectivity index (χ2v) is 7.50. The van der Waals surface area contributed by atoms with Gasteiger partial charge in [-0.15, -0.1) is 0 Å². The molecule has 4 heteroatoms. The first-order valence-corrected chi connectivity index (χ1v) is 8.02. The zero-order valence-electron chi connectivity index (χ0n) is 13.2. The molecule has 108 valence electrons. The number of hydrogen-bond donors (Lipinski definition) is 0. The minimum absolute atomic E-state index is 0.0503. The van der Waals surface area contributed by atoms with Gasteiger partial charge >= 0.3 is 0 Å². The van der Waals surface area contributed by atoms with Crippen LogP contribution in [0.25, 0.3) is 0 Å². The van der Waals surface area contributed by atoms with E-state index in [9.17, 15) is 8.42 Å². The van der Waals surface area contributed by atoms with Crippen LogP contribution >= 0.6 is 0 Å². The SMILES string of the molecule is Cc1c(C)c(C)c(S(=O)(=O)N(C)C(C)C)c(C)c1C. The van der Waals surface area contributed by atoms with E-state index in [-0.39, 0.29) is 6.04 Å². The summed E-state index contributed by atoms with van der Waals surface area (Å²) in [7, 11) is -1.79. The fraction of sp³-hybridized carbons (Fsp3) is 0.600. The van der Waals surface area contributed by atoms with Crippen molar-refractivity contribution in [3.8, 4) is 0 Å². The van der Waals surface area contributed by atoms with Crippen molar-refractivity contribution in [2.24, 2.45) is 0 Å². The van der Waals surface area contributed by atoms with E-state index in [2.05, 4.69) is 0 Å². The van der Waals surface area contributed by atoms with E-state index in [1.165, 1.54) is 9.87 Å². The maximum Gasteiger partial charge on any atom is 0.243 e. The summed E-state index contributed by atoms with van der Waals surface area (Å²) in [5.41, 5.74) is 5.06. The molecule has 0 spiro atoms. The summed E-state index contributed by atoms with van der Waals surface area (Å²) in [6.45, 7) is 13.6. The maximum atomic E-state index is 12.8. The molecule has 0 N–H and O–H groups in total. The minimum Gasteiger partial charge on any atom is -0.207 e. The molecule has 0 saturated heterocycles. The largest absolute Gasteiger partial charge is 0.243 e. The Kier molecular flexibility index (Phi) is 4.47. The molecule has 1 aromatic carbocycles. The summed E-state index contributed by atoms with van der Waals surface area (Å²) in [6.07, 6.45) is 0. The lowest BCUT2D eigenvalue weighted by molar-refractivity contribution is 0.410. The van der Waals surface area contributed by atoms with Crippen molar-refractivity contribution < 1.29 is 8.42 Å². The Morgan fingerprint density at radius 1 is 0.789 bits per heavy atom. The van der Waals surface area contributed by atoms with Crippen LogP contribution in [0.5, 0.6) is 0 Å². The van der Waals surface area contributed by atoms with Crippen LogP contribution in [0, 0.1) is 34.6 Å². The third-order valence-corrected chi connectivity index (χ3v) is 6.60. The second-order valence-electron chi connectivity index (χ2n) is 5.57. The molecule has 0 bridgehead atoms. The molecular formula is C15H25NO2S. The van der Waals surface area contributed by atoms with Crippen LogP contribution in [-0.2, 0) is 10.0 Å². The quantitative estimate of drug-likeness (QED) is 0.854. The van der Waals surface area contributed by atoms with Gasteiger partial charge in [0.2, 0.25) is 10.0 Å². The number of nitrogens with zero attached hydrogens (tertiary/aromatic N) is 1. The molecule has 0 radical (unpaired) electrons. The van der Waals surface area contributed by atoms with Crippen molar-refractivity contribution in [3.63, 3.8) is 0 Å². The van der Waals surface area contributed by atoms with Crippen LogP contribution in [0.15, 0.2) is 4.90 Å². The zero-order valence-corrected chi connectivity index (χ0v) is 14.1. The van der Waals surface area contributed by atoms with Crippen molar-refractivity contribution in [2.75, 3.05) is 7.05 Å². The Morgan fingerprint density at radius 3 is 1.42 bits per heavy atom. The molecule has 0 aliphatic heterocycles. The van der Waals surface area contributed by atoms with E-state index in [1.54, 1.807) is 7.05 Å². The number of hydrogen-bond acceptors (Lipinski definition) is 2. The van der Waals surface area contributed by atoms with Gasteiger partial charge < -0.3 is 0 Å². The molecule has 0 aliphatic rings. The maximum absolute atomic E-state index is 12.8. The second kappa shape index (κ2) is 5.25. The van der Waals surface area contributed by atoms with Crippen molar-refractivity contribution in [2.45, 2.75) is 59.4 Å². The summed E-state index contributed by atoms with van der Waals surface area (Å²) in [6, 6.07) is -0.0503. The lowest BCUT2D eigenvalue weighted by Gasteiger charge is -2.25. The smallest absolute Gasteiger partial charge is 0.207 e. The molecule has 1 aromatic rings. The van der Waals surface area contributed by atoms with E-state index < -0.39 is 10.0 Å². The Bertz CT molecular complexity index is 572. The molecule has 0 fully saturated rings. The van der Waals surface area contributed by atoms with Gasteiger partial charge in [-0.05, 0) is 76.3 Å². The summed E-state index contributed by atoms with van der Waals surface area (Å²) in [5.74, 6) is 0. The highest BCUT2D eigenvalue weighted by Gasteiger charge is 2.28. The average molecular weight is 283 g/mol. The topological polar surface area (TPSA) is 37.4 Å². The van der Waals surface area contributed by atoms with E-state index in [4.69, 9.17) is 0 Å². The van der Waals surface area contributed by atoms with Gasteiger partial charge in [-0.25, -0.2) is 8.42 Å². The van der Waals surface area contributed by atoms with Crippen LogP contribution in [0.3, 0.4) is 0 Å². The van der Waals surface area contributed by atoms with Crippen LogP contribution in [0.2, 0.25) is 0 Å². The third kappa shape index (κ3) is 2.56. The van der Waals surface area contributed by atoms with Gasteiger partial charge in [0, 0.05) is 13.1 Å². The molecule has 0 amide bonds. The molecule has 0 aliphatic carbocycles. The fourth-order valence-corrected chi connectivity index (χ4v) is 4.20. The van der Waals surface area contributed by atoms with Crippen LogP contribution in [-0.4, -0.2) is 25.8 Å². The standard InChI is InChI=1S/C15H25NO2S/c1-9(2)16(8)19(17,18)15-13(6)11(4)10(3)12(5)14(15)7/h9H,1-8H3. The van der Waals surface area contributed by atoms with Crippen LogP contribution in [0.4, 0.5) is 0 Å². The van der Waals surface area contributed by atoms with Gasteiger partial charge in [0.25, 0.3) is 0 Å². The zero-order chi connectivity index (χ0) is 15.1. The van der Waals surface area contributed by atoms with Gasteiger partial charge in [0.15, 0.2) is 0 Å². The molecule has 19 heavy (non-hydrogen) atoms. The fourth-order valence-electron chi connectivity index (χ4n) is 2.27. The van der Waals surface area contributed by atoms with Crippen LogP contribution < -0.4 is 0 Å². The monoisotopic (exact) mass is 283 g/mol. The highest BCUT2D eigenvalue weighted by molar-refractivity contribution is 7.89. The Hall–Kier alpha value is -0.870. The van der Waals surface area contributed by atoms with E-state index in [0.29, 0.717) is 4.90 Å². The normalized spacial score (nSPS) is 12.5. The average Bonchev–Trinajstić information content (AvgIpc) is 2.32. The molecule has 0 saturated carbocycles. The number of benzene rings is 1. The van der Waals surface area contributed by atoms with Gasteiger partial charge in [-0.1, -0.05) is 0 Å². The van der Waals surface area contributed by atoms with Gasteiger partial charge in [-0.2, -0.15) is 4.31 Å². The van der Waals surface area contributed by atoms with Crippen molar-refractivity contribution in [3.05, 3.63) is 27.8 Å². The van der Waals surface area contributed by atoms with Crippen molar-refractivity contribution in [1.29, 1.82) is 0 Å². The molecule has 1 rings (SSSR count). The first-order chi connectivity index (χ1) is 8.53.